The lowest BCUT2D eigenvalue weighted by molar-refractivity contribution is -0.136. The largest absolute Gasteiger partial charge is 0.466 e. The third-order valence-electron chi connectivity index (χ3n) is 4.68. The third-order valence-corrected chi connectivity index (χ3v) is 4.68. The predicted molar refractivity (Wildman–Crippen MR) is 89.0 cm³/mol. The van der Waals surface area contributed by atoms with Gasteiger partial charge in [-0.3, -0.25) is 0 Å². The number of ether oxygens (including phenoxy) is 2. The van der Waals surface area contributed by atoms with Crippen LogP contribution in [0.4, 0.5) is 4.39 Å². The first-order chi connectivity index (χ1) is 12.0. The minimum Gasteiger partial charge on any atom is -0.466 e. The van der Waals surface area contributed by atoms with Crippen LogP contribution in [0.1, 0.15) is 37.3 Å². The molecule has 0 spiro atoms. The zero-order valence-electron chi connectivity index (χ0n) is 14.4. The SMILES string of the molecule is CCC1=C(C(=O)OC)C(c2cccc(F)c2CC)C2=C(COC2=O)N1. The summed E-state index contributed by atoms with van der Waals surface area (Å²) in [7, 11) is 1.29. The second kappa shape index (κ2) is 6.70. The number of dihydropyridines is 1. The van der Waals surface area contributed by atoms with Gasteiger partial charge in [-0.05, 0) is 30.0 Å². The van der Waals surface area contributed by atoms with Crippen LogP contribution >= 0.6 is 0 Å². The van der Waals surface area contributed by atoms with E-state index in [0.29, 0.717) is 46.5 Å². The van der Waals surface area contributed by atoms with Crippen LogP contribution in [-0.2, 0) is 25.5 Å². The summed E-state index contributed by atoms with van der Waals surface area (Å²) in [4.78, 5) is 24.9. The van der Waals surface area contributed by atoms with Gasteiger partial charge in [-0.2, -0.15) is 0 Å². The van der Waals surface area contributed by atoms with Crippen molar-refractivity contribution in [2.45, 2.75) is 32.6 Å². The Hall–Kier alpha value is -2.63. The van der Waals surface area contributed by atoms with Gasteiger partial charge in [-0.25, -0.2) is 14.0 Å². The molecule has 0 amide bonds. The van der Waals surface area contributed by atoms with Crippen LogP contribution < -0.4 is 5.32 Å². The molecule has 1 unspecified atom stereocenters. The lowest BCUT2D eigenvalue weighted by atomic mass is 9.78. The van der Waals surface area contributed by atoms with Crippen LogP contribution in [-0.4, -0.2) is 25.7 Å². The van der Waals surface area contributed by atoms with Gasteiger partial charge < -0.3 is 14.8 Å². The van der Waals surface area contributed by atoms with Gasteiger partial charge in [0.1, 0.15) is 12.4 Å². The highest BCUT2D eigenvalue weighted by Crippen LogP contribution is 2.43. The van der Waals surface area contributed by atoms with Crippen LogP contribution in [0.5, 0.6) is 0 Å². The number of allylic oxidation sites excluding steroid dienone is 1. The molecule has 132 valence electrons. The second-order valence-corrected chi connectivity index (χ2v) is 5.92. The molecule has 1 atom stereocenters. The number of carbonyl (C=O) groups excluding carboxylic acids is 2. The van der Waals surface area contributed by atoms with Gasteiger partial charge in [-0.1, -0.05) is 26.0 Å². The number of hydrogen-bond acceptors (Lipinski definition) is 5. The number of carbonyl (C=O) groups is 2. The molecule has 2 heterocycles. The van der Waals surface area contributed by atoms with Crippen LogP contribution in [0.2, 0.25) is 0 Å². The van der Waals surface area contributed by atoms with Gasteiger partial charge in [0.25, 0.3) is 0 Å². The fourth-order valence-electron chi connectivity index (χ4n) is 3.54. The topological polar surface area (TPSA) is 64.6 Å². The molecule has 1 aromatic carbocycles. The maximum absolute atomic E-state index is 14.4. The molecule has 0 aliphatic carbocycles. The van der Waals surface area contributed by atoms with Gasteiger partial charge in [0.15, 0.2) is 0 Å². The summed E-state index contributed by atoms with van der Waals surface area (Å²) in [5, 5.41) is 3.13. The average Bonchev–Trinajstić information content (AvgIpc) is 3.00. The highest BCUT2D eigenvalue weighted by atomic mass is 19.1. The first kappa shape index (κ1) is 17.2. The first-order valence-electron chi connectivity index (χ1n) is 8.29. The molecule has 0 saturated carbocycles. The Kier molecular flexibility index (Phi) is 4.61. The molecule has 6 heteroatoms. The molecule has 25 heavy (non-hydrogen) atoms. The normalized spacial score (nSPS) is 19.5. The molecule has 1 aromatic rings. The van der Waals surface area contributed by atoms with Crippen LogP contribution in [0.3, 0.4) is 0 Å². The zero-order chi connectivity index (χ0) is 18.1. The van der Waals surface area contributed by atoms with Gasteiger partial charge >= 0.3 is 11.9 Å². The maximum Gasteiger partial charge on any atom is 0.337 e. The van der Waals surface area contributed by atoms with Gasteiger partial charge in [0.05, 0.1) is 29.9 Å². The Morgan fingerprint density at radius 2 is 2.12 bits per heavy atom. The standard InChI is InChI=1S/C19H20FNO4/c1-4-10-11(7-6-8-12(10)20)15-16(18(22)24-3)13(5-2)21-14-9-25-19(23)17(14)15/h6-8,15,21H,4-5,9H2,1-3H3. The van der Waals surface area contributed by atoms with Crippen LogP contribution in [0.15, 0.2) is 40.7 Å². The average molecular weight is 345 g/mol. The quantitative estimate of drug-likeness (QED) is 0.850. The van der Waals surface area contributed by atoms with Gasteiger partial charge in [0, 0.05) is 5.70 Å². The number of rotatable bonds is 4. The van der Waals surface area contributed by atoms with Crippen LogP contribution in [0.25, 0.3) is 0 Å². The molecular weight excluding hydrogens is 325 g/mol. The predicted octanol–water partition coefficient (Wildman–Crippen LogP) is 2.72. The van der Waals surface area contributed by atoms with E-state index in [1.165, 1.54) is 13.2 Å². The number of hydrogen-bond donors (Lipinski definition) is 1. The van der Waals surface area contributed by atoms with Crippen molar-refractivity contribution < 1.29 is 23.5 Å². The summed E-state index contributed by atoms with van der Waals surface area (Å²) in [6.45, 7) is 3.87. The van der Waals surface area contributed by atoms with Crippen molar-refractivity contribution in [1.82, 2.24) is 5.32 Å². The summed E-state index contributed by atoms with van der Waals surface area (Å²) in [5.74, 6) is -2.07. The first-order valence-corrected chi connectivity index (χ1v) is 8.29. The van der Waals surface area contributed by atoms with E-state index in [2.05, 4.69) is 5.32 Å². The number of nitrogens with one attached hydrogen (secondary N) is 1. The number of esters is 2. The Morgan fingerprint density at radius 1 is 1.36 bits per heavy atom. The van der Waals surface area contributed by atoms with Crippen LogP contribution in [0, 0.1) is 5.82 Å². The van der Waals surface area contributed by atoms with E-state index in [9.17, 15) is 14.0 Å². The lowest BCUT2D eigenvalue weighted by Crippen LogP contribution is -2.31. The van der Waals surface area contributed by atoms with E-state index in [4.69, 9.17) is 9.47 Å². The van der Waals surface area contributed by atoms with E-state index in [1.54, 1.807) is 12.1 Å². The number of methoxy groups -OCH3 is 1. The number of halogens is 1. The Morgan fingerprint density at radius 3 is 2.76 bits per heavy atom. The Balaban J connectivity index is 2.28. The van der Waals surface area contributed by atoms with E-state index in [-0.39, 0.29) is 12.4 Å². The molecular formula is C19H20FNO4. The summed E-state index contributed by atoms with van der Waals surface area (Å²) in [6, 6.07) is 4.73. The van der Waals surface area contributed by atoms with Crippen molar-refractivity contribution in [1.29, 1.82) is 0 Å². The Labute approximate surface area is 145 Å². The van der Waals surface area contributed by atoms with Crippen molar-refractivity contribution >= 4 is 11.9 Å². The number of cyclic esters (lactones) is 1. The molecule has 2 aliphatic rings. The lowest BCUT2D eigenvalue weighted by Gasteiger charge is -2.29. The third kappa shape index (κ3) is 2.71. The molecule has 5 nitrogen and oxygen atoms in total. The molecule has 0 radical (unpaired) electrons. The summed E-state index contributed by atoms with van der Waals surface area (Å²) < 4.78 is 24.5. The summed E-state index contributed by atoms with van der Waals surface area (Å²) in [5.41, 5.74) is 3.08. The maximum atomic E-state index is 14.4. The van der Waals surface area contributed by atoms with Crippen molar-refractivity contribution in [2.75, 3.05) is 13.7 Å². The molecule has 0 saturated heterocycles. The van der Waals surface area contributed by atoms with Crippen molar-refractivity contribution in [3.05, 3.63) is 57.7 Å². The summed E-state index contributed by atoms with van der Waals surface area (Å²) in [6.07, 6.45) is 0.988. The fourth-order valence-corrected chi connectivity index (χ4v) is 3.54. The van der Waals surface area contributed by atoms with Crippen molar-refractivity contribution in [3.8, 4) is 0 Å². The van der Waals surface area contributed by atoms with E-state index in [1.807, 2.05) is 13.8 Å². The molecule has 0 fully saturated rings. The molecule has 1 N–H and O–H groups in total. The Bertz CT molecular complexity index is 810. The number of benzene rings is 1. The highest BCUT2D eigenvalue weighted by molar-refractivity contribution is 6.01. The van der Waals surface area contributed by atoms with E-state index >= 15 is 0 Å². The van der Waals surface area contributed by atoms with Gasteiger partial charge in [-0.15, -0.1) is 0 Å². The van der Waals surface area contributed by atoms with E-state index in [0.717, 1.165) is 0 Å². The second-order valence-electron chi connectivity index (χ2n) is 5.92. The smallest absolute Gasteiger partial charge is 0.337 e. The fraction of sp³-hybridized carbons (Fsp3) is 0.368. The minimum atomic E-state index is -0.695. The van der Waals surface area contributed by atoms with Crippen molar-refractivity contribution in [2.24, 2.45) is 0 Å². The van der Waals surface area contributed by atoms with Crippen molar-refractivity contribution in [3.63, 3.8) is 0 Å². The zero-order valence-corrected chi connectivity index (χ0v) is 14.4. The minimum absolute atomic E-state index is 0.124. The highest BCUT2D eigenvalue weighted by Gasteiger charge is 2.43. The van der Waals surface area contributed by atoms with E-state index < -0.39 is 17.9 Å². The monoisotopic (exact) mass is 345 g/mol. The summed E-state index contributed by atoms with van der Waals surface area (Å²) >= 11 is 0. The molecule has 0 aromatic heterocycles. The molecule has 3 rings (SSSR count). The molecule has 2 aliphatic heterocycles. The molecule has 0 bridgehead atoms. The van der Waals surface area contributed by atoms with Gasteiger partial charge in [0.2, 0.25) is 0 Å².